The fraction of sp³-hybridized carbons (Fsp3) is 0.147. The van der Waals surface area contributed by atoms with Gasteiger partial charge in [-0.2, -0.15) is 5.10 Å². The van der Waals surface area contributed by atoms with Gasteiger partial charge in [-0.25, -0.2) is 4.39 Å². The van der Waals surface area contributed by atoms with Gasteiger partial charge in [0.25, 0.3) is 0 Å². The van der Waals surface area contributed by atoms with Crippen LogP contribution in [0.4, 0.5) is 4.39 Å². The first-order chi connectivity index (χ1) is 18.7. The predicted octanol–water partition coefficient (Wildman–Crippen LogP) is 9.14. The normalized spacial score (nSPS) is 12.7. The molecule has 0 aliphatic carbocycles. The van der Waals surface area contributed by atoms with Gasteiger partial charge in [0.1, 0.15) is 11.5 Å². The molecule has 5 rings (SSSR count). The van der Waals surface area contributed by atoms with E-state index in [2.05, 4.69) is 96.9 Å². The Hall–Kier alpha value is -4.64. The molecule has 0 unspecified atom stereocenters. The van der Waals surface area contributed by atoms with E-state index in [9.17, 15) is 4.39 Å². The number of nitrogens with zero attached hydrogens (tertiary/aromatic N) is 1. The van der Waals surface area contributed by atoms with Crippen molar-refractivity contribution in [1.82, 2.24) is 20.5 Å². The van der Waals surface area contributed by atoms with Gasteiger partial charge in [0, 0.05) is 33.1 Å². The van der Waals surface area contributed by atoms with Crippen molar-refractivity contribution in [2.75, 3.05) is 0 Å². The lowest BCUT2D eigenvalue weighted by Gasteiger charge is -2.24. The number of aromatic amines is 2. The Morgan fingerprint density at radius 1 is 0.974 bits per heavy atom. The zero-order valence-corrected chi connectivity index (χ0v) is 22.8. The van der Waals surface area contributed by atoms with Gasteiger partial charge >= 0.3 is 0 Å². The molecule has 39 heavy (non-hydrogen) atoms. The fourth-order valence-corrected chi connectivity index (χ4v) is 4.57. The van der Waals surface area contributed by atoms with Crippen LogP contribution >= 0.6 is 0 Å². The first-order valence-corrected chi connectivity index (χ1v) is 13.0. The number of nitrogens with one attached hydrogen (secondary N) is 3. The summed E-state index contributed by atoms with van der Waals surface area (Å²) in [4.78, 5) is 3.54. The molecule has 5 heteroatoms. The van der Waals surface area contributed by atoms with Crippen LogP contribution in [0.25, 0.3) is 49.9 Å². The minimum Gasteiger partial charge on any atom is -0.359 e. The molecule has 0 atom stereocenters. The quantitative estimate of drug-likeness (QED) is 0.189. The third-order valence-corrected chi connectivity index (χ3v) is 7.01. The Kier molecular flexibility index (Phi) is 6.83. The van der Waals surface area contributed by atoms with E-state index in [-0.39, 0.29) is 11.2 Å². The van der Waals surface area contributed by atoms with Gasteiger partial charge in [0.15, 0.2) is 0 Å². The molecule has 0 fully saturated rings. The summed E-state index contributed by atoms with van der Waals surface area (Å²) in [6.07, 6.45) is 5.98. The Morgan fingerprint density at radius 2 is 1.74 bits per heavy atom. The van der Waals surface area contributed by atoms with E-state index in [0.717, 1.165) is 66.9 Å². The van der Waals surface area contributed by atoms with Crippen molar-refractivity contribution in [2.24, 2.45) is 5.41 Å². The van der Waals surface area contributed by atoms with E-state index in [4.69, 9.17) is 0 Å². The average Bonchev–Trinajstić information content (AvgIpc) is 3.54. The Labute approximate surface area is 228 Å². The maximum atomic E-state index is 13.5. The van der Waals surface area contributed by atoms with Crippen molar-refractivity contribution in [3.63, 3.8) is 0 Å². The maximum absolute atomic E-state index is 13.5. The lowest BCUT2D eigenvalue weighted by atomic mass is 9.92. The van der Waals surface area contributed by atoms with E-state index in [1.807, 2.05) is 37.3 Å². The van der Waals surface area contributed by atoms with Crippen LogP contribution in [0.15, 0.2) is 110 Å². The molecule has 0 aliphatic heterocycles. The largest absolute Gasteiger partial charge is 0.359 e. The average molecular weight is 517 g/mol. The SMILES string of the molecule is C=C/C(=C\C(=C/C)c1ccc2[nH]nc(-c3cc4c(-c5ccc(F)cc5)cccc4[nH]3)c2c1)NC(=C)C(C)(C)C. The molecule has 2 aromatic heterocycles. The van der Waals surface area contributed by atoms with E-state index in [1.165, 1.54) is 12.1 Å². The smallest absolute Gasteiger partial charge is 0.123 e. The maximum Gasteiger partial charge on any atom is 0.123 e. The van der Waals surface area contributed by atoms with Crippen LogP contribution in [0.3, 0.4) is 0 Å². The molecular weight excluding hydrogens is 483 g/mol. The molecule has 0 bridgehead atoms. The zero-order chi connectivity index (χ0) is 27.7. The standard InChI is InChI=1S/C34H33FN4/c1-7-22(18-26(8-2)36-21(3)34(4,5)6)24-14-17-31-29(19-24)33(39-38-31)32-20-28-27(10-9-11-30(28)37-32)23-12-15-25(35)16-13-23/h7-20,36-37H,2-3H2,1,4-6H3,(H,38,39)/b22-7+,26-18+. The number of hydrogen-bond donors (Lipinski definition) is 3. The monoisotopic (exact) mass is 516 g/mol. The lowest BCUT2D eigenvalue weighted by Crippen LogP contribution is -2.22. The summed E-state index contributed by atoms with van der Waals surface area (Å²) in [7, 11) is 0. The third kappa shape index (κ3) is 5.21. The second-order valence-electron chi connectivity index (χ2n) is 10.7. The number of fused-ring (bicyclic) bond motifs is 2. The van der Waals surface area contributed by atoms with Gasteiger partial charge in [-0.1, -0.05) is 70.3 Å². The van der Waals surface area contributed by atoms with Gasteiger partial charge in [-0.15, -0.1) is 0 Å². The molecule has 2 heterocycles. The molecule has 3 N–H and O–H groups in total. The van der Waals surface area contributed by atoms with Crippen molar-refractivity contribution < 1.29 is 4.39 Å². The molecule has 0 saturated carbocycles. The van der Waals surface area contributed by atoms with Gasteiger partial charge in [-0.3, -0.25) is 5.10 Å². The molecule has 0 radical (unpaired) electrons. The van der Waals surface area contributed by atoms with Crippen molar-refractivity contribution in [3.8, 4) is 22.5 Å². The van der Waals surface area contributed by atoms with Crippen LogP contribution in [0, 0.1) is 11.2 Å². The van der Waals surface area contributed by atoms with Crippen LogP contribution in [0.5, 0.6) is 0 Å². The van der Waals surface area contributed by atoms with Crippen molar-refractivity contribution in [2.45, 2.75) is 27.7 Å². The zero-order valence-electron chi connectivity index (χ0n) is 22.8. The van der Waals surface area contributed by atoms with Crippen molar-refractivity contribution in [1.29, 1.82) is 0 Å². The number of allylic oxidation sites excluding steroid dienone is 5. The molecule has 196 valence electrons. The number of rotatable bonds is 7. The van der Waals surface area contributed by atoms with Crippen LogP contribution in [-0.2, 0) is 0 Å². The van der Waals surface area contributed by atoms with Gasteiger partial charge in [-0.05, 0) is 77.7 Å². The minimum absolute atomic E-state index is 0.0705. The predicted molar refractivity (Wildman–Crippen MR) is 162 cm³/mol. The van der Waals surface area contributed by atoms with Crippen molar-refractivity contribution >= 4 is 27.4 Å². The van der Waals surface area contributed by atoms with E-state index in [0.29, 0.717) is 0 Å². The number of aromatic nitrogens is 3. The van der Waals surface area contributed by atoms with Crippen LogP contribution in [0.2, 0.25) is 0 Å². The van der Waals surface area contributed by atoms with Gasteiger partial charge < -0.3 is 10.3 Å². The highest BCUT2D eigenvalue weighted by Crippen LogP contribution is 2.35. The summed E-state index contributed by atoms with van der Waals surface area (Å²) in [5.74, 6) is -0.245. The molecule has 5 aromatic rings. The molecular formula is C34H33FN4. The second kappa shape index (κ2) is 10.3. The summed E-state index contributed by atoms with van der Waals surface area (Å²) in [6, 6.07) is 21.1. The highest BCUT2D eigenvalue weighted by molar-refractivity contribution is 6.01. The van der Waals surface area contributed by atoms with E-state index < -0.39 is 0 Å². The molecule has 0 spiro atoms. The third-order valence-electron chi connectivity index (χ3n) is 7.01. The van der Waals surface area contributed by atoms with Crippen LogP contribution < -0.4 is 5.32 Å². The Morgan fingerprint density at radius 3 is 2.44 bits per heavy atom. The summed E-state index contributed by atoms with van der Waals surface area (Å²) < 4.78 is 13.5. The van der Waals surface area contributed by atoms with Gasteiger partial charge in [0.05, 0.1) is 11.2 Å². The molecule has 0 aliphatic rings. The summed E-state index contributed by atoms with van der Waals surface area (Å²) in [6.45, 7) is 16.6. The van der Waals surface area contributed by atoms with E-state index in [1.54, 1.807) is 0 Å². The van der Waals surface area contributed by atoms with E-state index >= 15 is 0 Å². The minimum atomic E-state index is -0.245. The van der Waals surface area contributed by atoms with Crippen LogP contribution in [0.1, 0.15) is 33.3 Å². The summed E-state index contributed by atoms with van der Waals surface area (Å²) >= 11 is 0. The Balaban J connectivity index is 1.54. The summed E-state index contributed by atoms with van der Waals surface area (Å²) in [5.41, 5.74) is 9.58. The Bertz CT molecular complexity index is 1750. The number of benzene rings is 3. The second-order valence-corrected chi connectivity index (χ2v) is 10.7. The summed E-state index contributed by atoms with van der Waals surface area (Å²) in [5, 5.41) is 13.3. The number of H-pyrrole nitrogens is 2. The lowest BCUT2D eigenvalue weighted by molar-refractivity contribution is 0.478. The molecule has 0 saturated heterocycles. The number of halogens is 1. The molecule has 0 amide bonds. The highest BCUT2D eigenvalue weighted by atomic mass is 19.1. The molecule has 3 aromatic carbocycles. The highest BCUT2D eigenvalue weighted by Gasteiger charge is 2.16. The topological polar surface area (TPSA) is 56.5 Å². The first-order valence-electron chi connectivity index (χ1n) is 13.0. The molecule has 4 nitrogen and oxygen atoms in total. The first kappa shape index (κ1) is 26.0. The fourth-order valence-electron chi connectivity index (χ4n) is 4.57. The van der Waals surface area contributed by atoms with Crippen molar-refractivity contribution in [3.05, 3.63) is 121 Å². The van der Waals surface area contributed by atoms with Gasteiger partial charge in [0.2, 0.25) is 0 Å². The van der Waals surface area contributed by atoms with Crippen LogP contribution in [-0.4, -0.2) is 15.2 Å². The number of hydrogen-bond acceptors (Lipinski definition) is 2.